The number of imide groups is 1. The molecular weight excluding hydrogens is 322 g/mol. The smallest absolute Gasteiger partial charge is 0.325 e. The van der Waals surface area contributed by atoms with Crippen molar-refractivity contribution in [3.05, 3.63) is 36.3 Å². The van der Waals surface area contributed by atoms with Crippen LogP contribution in [0.4, 0.5) is 4.79 Å². The van der Waals surface area contributed by atoms with E-state index in [9.17, 15) is 14.4 Å². The second-order valence-electron chi connectivity index (χ2n) is 7.05. The van der Waals surface area contributed by atoms with E-state index in [0.29, 0.717) is 30.1 Å². The number of hydrogen-bond acceptors (Lipinski definition) is 4. The highest BCUT2D eigenvalue weighted by atomic mass is 16.3. The Bertz CT molecular complexity index is 712. The van der Waals surface area contributed by atoms with Gasteiger partial charge < -0.3 is 15.1 Å². The summed E-state index contributed by atoms with van der Waals surface area (Å²) < 4.78 is 5.17. The molecule has 0 aromatic carbocycles. The van der Waals surface area contributed by atoms with Crippen LogP contribution in [0.5, 0.6) is 0 Å². The summed E-state index contributed by atoms with van der Waals surface area (Å²) in [5, 5.41) is 5.49. The van der Waals surface area contributed by atoms with Crippen LogP contribution in [0.25, 0.3) is 0 Å². The summed E-state index contributed by atoms with van der Waals surface area (Å²) in [6, 6.07) is 2.10. The maximum absolute atomic E-state index is 12.4. The molecule has 0 unspecified atom stereocenters. The number of hydrogen-bond donors (Lipinski definition) is 2. The molecule has 7 nitrogen and oxygen atoms in total. The zero-order valence-corrected chi connectivity index (χ0v) is 13.8. The van der Waals surface area contributed by atoms with Gasteiger partial charge in [0.1, 0.15) is 11.8 Å². The molecule has 1 saturated heterocycles. The SMILES string of the molecule is O=C(C[C@H]1NC(=O)N(Cc2ccco2)C1=O)NC[C@H]1C[C@H]2C=C[C@H]1C2. The molecule has 7 heteroatoms. The van der Waals surface area contributed by atoms with Crippen molar-refractivity contribution >= 4 is 17.8 Å². The molecule has 2 bridgehead atoms. The summed E-state index contributed by atoms with van der Waals surface area (Å²) in [6.07, 6.45) is 8.29. The molecule has 3 aliphatic rings. The normalized spacial score (nSPS) is 30.2. The van der Waals surface area contributed by atoms with Gasteiger partial charge in [0.2, 0.25) is 5.91 Å². The number of nitrogens with zero attached hydrogens (tertiary/aromatic N) is 1. The van der Waals surface area contributed by atoms with Gasteiger partial charge in [-0.3, -0.25) is 14.5 Å². The summed E-state index contributed by atoms with van der Waals surface area (Å²) in [5.74, 6) is 1.66. The molecule has 2 fully saturated rings. The summed E-state index contributed by atoms with van der Waals surface area (Å²) in [6.45, 7) is 0.711. The minimum absolute atomic E-state index is 0.0319. The molecule has 4 amide bonds. The van der Waals surface area contributed by atoms with Crippen LogP contribution in [-0.4, -0.2) is 35.3 Å². The Balaban J connectivity index is 1.27. The van der Waals surface area contributed by atoms with E-state index in [2.05, 4.69) is 22.8 Å². The molecule has 2 aliphatic carbocycles. The number of urea groups is 1. The number of nitrogens with one attached hydrogen (secondary N) is 2. The molecule has 0 spiro atoms. The fourth-order valence-electron chi connectivity index (χ4n) is 4.06. The maximum Gasteiger partial charge on any atom is 0.325 e. The van der Waals surface area contributed by atoms with Crippen LogP contribution in [0.2, 0.25) is 0 Å². The van der Waals surface area contributed by atoms with Crippen LogP contribution in [-0.2, 0) is 16.1 Å². The first kappa shape index (κ1) is 15.9. The molecule has 1 saturated carbocycles. The van der Waals surface area contributed by atoms with Gasteiger partial charge in [0, 0.05) is 6.54 Å². The van der Waals surface area contributed by atoms with Gasteiger partial charge in [-0.15, -0.1) is 0 Å². The van der Waals surface area contributed by atoms with Crippen LogP contribution < -0.4 is 10.6 Å². The van der Waals surface area contributed by atoms with E-state index in [-0.39, 0.29) is 24.8 Å². The fourth-order valence-corrected chi connectivity index (χ4v) is 4.06. The number of rotatable bonds is 6. The average molecular weight is 343 g/mol. The van der Waals surface area contributed by atoms with E-state index < -0.39 is 12.1 Å². The number of carbonyl (C=O) groups excluding carboxylic acids is 3. The highest BCUT2D eigenvalue weighted by Crippen LogP contribution is 2.42. The lowest BCUT2D eigenvalue weighted by atomic mass is 9.93. The lowest BCUT2D eigenvalue weighted by Gasteiger charge is -2.19. The third-order valence-corrected chi connectivity index (χ3v) is 5.37. The van der Waals surface area contributed by atoms with Gasteiger partial charge in [0.25, 0.3) is 5.91 Å². The zero-order valence-electron chi connectivity index (χ0n) is 13.8. The van der Waals surface area contributed by atoms with Crippen LogP contribution in [0.1, 0.15) is 25.0 Å². The summed E-state index contributed by atoms with van der Waals surface area (Å²) in [4.78, 5) is 37.6. The summed E-state index contributed by atoms with van der Waals surface area (Å²) in [5.41, 5.74) is 0. The molecule has 4 rings (SSSR count). The largest absolute Gasteiger partial charge is 0.467 e. The minimum atomic E-state index is -0.803. The van der Waals surface area contributed by atoms with Crippen molar-refractivity contribution in [2.75, 3.05) is 6.54 Å². The maximum atomic E-state index is 12.4. The Kier molecular flexibility index (Phi) is 4.07. The van der Waals surface area contributed by atoms with Gasteiger partial charge in [-0.2, -0.15) is 0 Å². The monoisotopic (exact) mass is 343 g/mol. The Morgan fingerprint density at radius 2 is 2.20 bits per heavy atom. The Morgan fingerprint density at radius 1 is 1.32 bits per heavy atom. The second kappa shape index (κ2) is 6.38. The molecule has 1 aromatic rings. The molecule has 1 aromatic heterocycles. The number of allylic oxidation sites excluding steroid dienone is 2. The molecule has 25 heavy (non-hydrogen) atoms. The van der Waals surface area contributed by atoms with Crippen molar-refractivity contribution in [3.8, 4) is 0 Å². The predicted octanol–water partition coefficient (Wildman–Crippen LogP) is 1.42. The third-order valence-electron chi connectivity index (χ3n) is 5.37. The number of furan rings is 1. The minimum Gasteiger partial charge on any atom is -0.467 e. The van der Waals surface area contributed by atoms with Crippen molar-refractivity contribution < 1.29 is 18.8 Å². The van der Waals surface area contributed by atoms with Crippen LogP contribution in [0.15, 0.2) is 35.0 Å². The van der Waals surface area contributed by atoms with Crippen molar-refractivity contribution in [2.24, 2.45) is 17.8 Å². The average Bonchev–Trinajstić information content (AvgIpc) is 3.36. The van der Waals surface area contributed by atoms with E-state index in [4.69, 9.17) is 4.42 Å². The van der Waals surface area contributed by atoms with Gasteiger partial charge >= 0.3 is 6.03 Å². The molecule has 0 radical (unpaired) electrons. The lowest BCUT2D eigenvalue weighted by Crippen LogP contribution is -2.38. The highest BCUT2D eigenvalue weighted by molar-refractivity contribution is 6.05. The first-order chi connectivity index (χ1) is 12.1. The van der Waals surface area contributed by atoms with E-state index in [1.807, 2.05) is 0 Å². The van der Waals surface area contributed by atoms with Gasteiger partial charge in [-0.05, 0) is 42.7 Å². The van der Waals surface area contributed by atoms with Crippen LogP contribution in [0, 0.1) is 17.8 Å². The zero-order chi connectivity index (χ0) is 17.4. The number of carbonyl (C=O) groups is 3. The van der Waals surface area contributed by atoms with Gasteiger partial charge in [-0.1, -0.05) is 12.2 Å². The Hall–Kier alpha value is -2.57. The fraction of sp³-hybridized carbons (Fsp3) is 0.500. The summed E-state index contributed by atoms with van der Waals surface area (Å²) >= 11 is 0. The van der Waals surface area contributed by atoms with Crippen molar-refractivity contribution in [2.45, 2.75) is 31.8 Å². The van der Waals surface area contributed by atoms with E-state index in [1.165, 1.54) is 12.7 Å². The Labute approximate surface area is 145 Å². The van der Waals surface area contributed by atoms with Crippen LogP contribution >= 0.6 is 0 Å². The third kappa shape index (κ3) is 3.18. The van der Waals surface area contributed by atoms with E-state index in [0.717, 1.165) is 11.3 Å². The molecule has 132 valence electrons. The van der Waals surface area contributed by atoms with Gasteiger partial charge in [0.05, 0.1) is 19.2 Å². The Morgan fingerprint density at radius 3 is 2.88 bits per heavy atom. The first-order valence-electron chi connectivity index (χ1n) is 8.69. The van der Waals surface area contributed by atoms with Crippen molar-refractivity contribution in [1.29, 1.82) is 0 Å². The van der Waals surface area contributed by atoms with Crippen molar-refractivity contribution in [3.63, 3.8) is 0 Å². The highest BCUT2D eigenvalue weighted by Gasteiger charge is 2.40. The molecule has 2 heterocycles. The predicted molar refractivity (Wildman–Crippen MR) is 88.0 cm³/mol. The molecule has 2 N–H and O–H groups in total. The molecule has 1 aliphatic heterocycles. The number of fused-ring (bicyclic) bond motifs is 2. The van der Waals surface area contributed by atoms with E-state index in [1.54, 1.807) is 12.1 Å². The first-order valence-corrected chi connectivity index (χ1v) is 8.69. The topological polar surface area (TPSA) is 91.7 Å². The van der Waals surface area contributed by atoms with E-state index >= 15 is 0 Å². The van der Waals surface area contributed by atoms with Gasteiger partial charge in [0.15, 0.2) is 0 Å². The van der Waals surface area contributed by atoms with Crippen molar-refractivity contribution in [1.82, 2.24) is 15.5 Å². The quantitative estimate of drug-likeness (QED) is 0.604. The van der Waals surface area contributed by atoms with Gasteiger partial charge in [-0.25, -0.2) is 4.79 Å². The summed E-state index contributed by atoms with van der Waals surface area (Å²) in [7, 11) is 0. The standard InChI is InChI=1S/C18H21N3O4/c22-16(19-9-13-7-11-3-4-12(13)6-11)8-15-17(23)21(18(24)20-15)10-14-2-1-5-25-14/h1-5,11-13,15H,6-10H2,(H,19,22)(H,20,24)/t11-,12-,13+,15+/m0/s1. The molecule has 4 atom stereocenters. The van der Waals surface area contributed by atoms with Crippen LogP contribution in [0.3, 0.4) is 0 Å². The second-order valence-corrected chi connectivity index (χ2v) is 7.05. The molecular formula is C18H21N3O4. The lowest BCUT2D eigenvalue weighted by molar-refractivity contribution is -0.131. The number of amides is 4.